The van der Waals surface area contributed by atoms with Crippen LogP contribution in [0, 0.1) is 5.41 Å². The average Bonchev–Trinajstić information content (AvgIpc) is 2.60. The van der Waals surface area contributed by atoms with E-state index in [-0.39, 0.29) is 0 Å². The molecular formula is C10H13O2-. The molecule has 0 aromatic rings. The molecule has 66 valence electrons. The Morgan fingerprint density at radius 2 is 1.92 bits per heavy atom. The highest BCUT2D eigenvalue weighted by molar-refractivity contribution is 5.78. The van der Waals surface area contributed by atoms with E-state index < -0.39 is 11.4 Å². The first-order valence-corrected chi connectivity index (χ1v) is 4.65. The van der Waals surface area contributed by atoms with Crippen molar-refractivity contribution in [3.8, 4) is 0 Å². The molecular weight excluding hydrogens is 152 g/mol. The van der Waals surface area contributed by atoms with Gasteiger partial charge in [0.1, 0.15) is 0 Å². The lowest BCUT2D eigenvalue weighted by atomic mass is 10.0. The highest BCUT2D eigenvalue weighted by Crippen LogP contribution is 2.48. The van der Waals surface area contributed by atoms with Crippen LogP contribution in [0.2, 0.25) is 0 Å². The number of aliphatic carboxylic acids is 1. The lowest BCUT2D eigenvalue weighted by molar-refractivity contribution is -0.311. The molecule has 0 N–H and O–H groups in total. The largest absolute Gasteiger partial charge is 0.549 e. The van der Waals surface area contributed by atoms with Gasteiger partial charge in [0.05, 0.1) is 5.97 Å². The number of carbonyl (C=O) groups is 1. The molecule has 2 heteroatoms. The summed E-state index contributed by atoms with van der Waals surface area (Å²) in [6, 6.07) is 0. The van der Waals surface area contributed by atoms with Crippen LogP contribution >= 0.6 is 0 Å². The van der Waals surface area contributed by atoms with Gasteiger partial charge in [0.25, 0.3) is 0 Å². The monoisotopic (exact) mass is 165 g/mol. The fraction of sp³-hybridized carbons (Fsp3) is 0.700. The van der Waals surface area contributed by atoms with Crippen LogP contribution in [0.15, 0.2) is 11.6 Å². The molecule has 2 fully saturated rings. The maximum absolute atomic E-state index is 10.7. The van der Waals surface area contributed by atoms with E-state index in [2.05, 4.69) is 0 Å². The summed E-state index contributed by atoms with van der Waals surface area (Å²) in [6.07, 6.45) is 8.22. The summed E-state index contributed by atoms with van der Waals surface area (Å²) in [7, 11) is 0. The van der Waals surface area contributed by atoms with Gasteiger partial charge >= 0.3 is 0 Å². The van der Waals surface area contributed by atoms with Crippen molar-refractivity contribution >= 4 is 5.97 Å². The third-order valence-corrected chi connectivity index (χ3v) is 2.92. The quantitative estimate of drug-likeness (QED) is 0.573. The normalized spacial score (nSPS) is 25.5. The first-order chi connectivity index (χ1) is 5.73. The second-order valence-corrected chi connectivity index (χ2v) is 3.95. The Morgan fingerprint density at radius 1 is 1.33 bits per heavy atom. The van der Waals surface area contributed by atoms with Crippen molar-refractivity contribution in [2.75, 3.05) is 0 Å². The molecule has 0 saturated heterocycles. The lowest BCUT2D eigenvalue weighted by Gasteiger charge is -2.12. The topological polar surface area (TPSA) is 40.1 Å². The SMILES string of the molecule is O=C([O-])C1(C=C2CCCC2)CC1. The first kappa shape index (κ1) is 7.84. The van der Waals surface area contributed by atoms with Gasteiger partial charge in [-0.2, -0.15) is 0 Å². The van der Waals surface area contributed by atoms with E-state index in [0.29, 0.717) is 0 Å². The zero-order valence-electron chi connectivity index (χ0n) is 7.14. The maximum Gasteiger partial charge on any atom is 0.0514 e. The number of hydrogen-bond donors (Lipinski definition) is 0. The second kappa shape index (κ2) is 2.61. The molecule has 2 nitrogen and oxygen atoms in total. The van der Waals surface area contributed by atoms with E-state index in [1.165, 1.54) is 18.4 Å². The number of carbonyl (C=O) groups excluding carboxylic acids is 1. The summed E-state index contributed by atoms with van der Waals surface area (Å²) in [6.45, 7) is 0. The summed E-state index contributed by atoms with van der Waals surface area (Å²) in [5.74, 6) is -0.873. The Labute approximate surface area is 72.3 Å². The minimum Gasteiger partial charge on any atom is -0.549 e. The Kier molecular flexibility index (Phi) is 1.71. The van der Waals surface area contributed by atoms with Gasteiger partial charge in [-0.15, -0.1) is 0 Å². The van der Waals surface area contributed by atoms with Gasteiger partial charge in [0, 0.05) is 5.41 Å². The van der Waals surface area contributed by atoms with Gasteiger partial charge in [0.15, 0.2) is 0 Å². The first-order valence-electron chi connectivity index (χ1n) is 4.65. The number of hydrogen-bond acceptors (Lipinski definition) is 2. The summed E-state index contributed by atoms with van der Waals surface area (Å²) >= 11 is 0. The van der Waals surface area contributed by atoms with Gasteiger partial charge in [0.2, 0.25) is 0 Å². The van der Waals surface area contributed by atoms with Crippen molar-refractivity contribution in [3.05, 3.63) is 11.6 Å². The molecule has 0 radical (unpaired) electrons. The Bertz CT molecular complexity index is 228. The van der Waals surface area contributed by atoms with Crippen molar-refractivity contribution in [3.63, 3.8) is 0 Å². The average molecular weight is 165 g/mol. The molecule has 2 rings (SSSR count). The third-order valence-electron chi connectivity index (χ3n) is 2.92. The number of allylic oxidation sites excluding steroid dienone is 1. The predicted octanol–water partition coefficient (Wildman–Crippen LogP) is 1.02. The molecule has 0 heterocycles. The molecule has 0 aliphatic heterocycles. The smallest absolute Gasteiger partial charge is 0.0514 e. The van der Waals surface area contributed by atoms with E-state index in [4.69, 9.17) is 0 Å². The van der Waals surface area contributed by atoms with Gasteiger partial charge < -0.3 is 9.90 Å². The minimum atomic E-state index is -0.873. The highest BCUT2D eigenvalue weighted by atomic mass is 16.4. The number of carboxylic acid groups (broad SMARTS) is 1. The van der Waals surface area contributed by atoms with Gasteiger partial charge in [-0.25, -0.2) is 0 Å². The van der Waals surface area contributed by atoms with Crippen molar-refractivity contribution in [2.24, 2.45) is 5.41 Å². The maximum atomic E-state index is 10.7. The van der Waals surface area contributed by atoms with Gasteiger partial charge in [-0.05, 0) is 38.5 Å². The highest BCUT2D eigenvalue weighted by Gasteiger charge is 2.42. The van der Waals surface area contributed by atoms with E-state index in [1.54, 1.807) is 0 Å². The third kappa shape index (κ3) is 1.26. The zero-order chi connectivity index (χ0) is 8.60. The standard InChI is InChI=1S/C10H14O2/c11-9(12)10(5-6-10)7-8-3-1-2-4-8/h7H,1-6H2,(H,11,12)/p-1. The lowest BCUT2D eigenvalue weighted by Crippen LogP contribution is -2.31. The summed E-state index contributed by atoms with van der Waals surface area (Å²) in [4.78, 5) is 10.7. The molecule has 12 heavy (non-hydrogen) atoms. The minimum absolute atomic E-state index is 0.542. The van der Waals surface area contributed by atoms with Crippen LogP contribution in [0.1, 0.15) is 38.5 Å². The van der Waals surface area contributed by atoms with Crippen LogP contribution in [0.5, 0.6) is 0 Å². The van der Waals surface area contributed by atoms with Crippen LogP contribution in [0.25, 0.3) is 0 Å². The van der Waals surface area contributed by atoms with Crippen molar-refractivity contribution < 1.29 is 9.90 Å². The van der Waals surface area contributed by atoms with Crippen LogP contribution in [0.4, 0.5) is 0 Å². The number of rotatable bonds is 2. The van der Waals surface area contributed by atoms with E-state index in [1.807, 2.05) is 6.08 Å². The summed E-state index contributed by atoms with van der Waals surface area (Å²) < 4.78 is 0. The van der Waals surface area contributed by atoms with Crippen molar-refractivity contribution in [2.45, 2.75) is 38.5 Å². The molecule has 0 amide bonds. The molecule has 2 aliphatic carbocycles. The zero-order valence-corrected chi connectivity index (χ0v) is 7.14. The Morgan fingerprint density at radius 3 is 2.33 bits per heavy atom. The molecule has 0 unspecified atom stereocenters. The summed E-state index contributed by atoms with van der Waals surface area (Å²) in [5.41, 5.74) is 0.802. The molecule has 0 spiro atoms. The van der Waals surface area contributed by atoms with Crippen LogP contribution in [0.3, 0.4) is 0 Å². The molecule has 0 aromatic heterocycles. The van der Waals surface area contributed by atoms with Crippen molar-refractivity contribution in [1.29, 1.82) is 0 Å². The Hall–Kier alpha value is -0.790. The molecule has 0 aromatic carbocycles. The summed E-state index contributed by atoms with van der Waals surface area (Å²) in [5, 5.41) is 10.7. The molecule has 2 saturated carbocycles. The Balaban J connectivity index is 2.10. The van der Waals surface area contributed by atoms with Crippen LogP contribution in [-0.2, 0) is 4.79 Å². The number of carboxylic acids is 1. The van der Waals surface area contributed by atoms with E-state index in [9.17, 15) is 9.90 Å². The fourth-order valence-electron chi connectivity index (χ4n) is 1.91. The molecule has 0 atom stereocenters. The second-order valence-electron chi connectivity index (χ2n) is 3.95. The van der Waals surface area contributed by atoms with Gasteiger partial charge in [-0.3, -0.25) is 0 Å². The molecule has 0 bridgehead atoms. The van der Waals surface area contributed by atoms with Crippen LogP contribution in [-0.4, -0.2) is 5.97 Å². The fourth-order valence-corrected chi connectivity index (χ4v) is 1.91. The predicted molar refractivity (Wildman–Crippen MR) is 43.2 cm³/mol. The molecule has 2 aliphatic rings. The van der Waals surface area contributed by atoms with E-state index in [0.717, 1.165) is 25.7 Å². The van der Waals surface area contributed by atoms with Crippen molar-refractivity contribution in [1.82, 2.24) is 0 Å². The van der Waals surface area contributed by atoms with Gasteiger partial charge in [-0.1, -0.05) is 11.6 Å². The van der Waals surface area contributed by atoms with E-state index >= 15 is 0 Å². The van der Waals surface area contributed by atoms with Crippen LogP contribution < -0.4 is 5.11 Å².